The van der Waals surface area contributed by atoms with Crippen LogP contribution in [0.25, 0.3) is 0 Å². The number of para-hydroxylation sites is 1. The first-order chi connectivity index (χ1) is 7.86. The Morgan fingerprint density at radius 2 is 1.94 bits per heavy atom. The third-order valence-corrected chi connectivity index (χ3v) is 3.84. The van der Waals surface area contributed by atoms with Crippen molar-refractivity contribution in [1.82, 2.24) is 0 Å². The molecule has 0 aromatic heterocycles. The van der Waals surface area contributed by atoms with Crippen LogP contribution < -0.4 is 4.74 Å². The highest BCUT2D eigenvalue weighted by molar-refractivity contribution is 7.54. The second kappa shape index (κ2) is 4.19. The van der Waals surface area contributed by atoms with Crippen LogP contribution in [0.5, 0.6) is 5.75 Å². The molecule has 0 spiro atoms. The third kappa shape index (κ3) is 2.44. The van der Waals surface area contributed by atoms with Gasteiger partial charge in [0, 0.05) is 5.56 Å². The summed E-state index contributed by atoms with van der Waals surface area (Å²) in [6.45, 7) is 3.50. The second-order valence-electron chi connectivity index (χ2n) is 4.41. The Hall–Kier alpha value is -0.710. The summed E-state index contributed by atoms with van der Waals surface area (Å²) in [5.41, 5.74) is -0.0729. The summed E-state index contributed by atoms with van der Waals surface area (Å²) in [6.07, 6.45) is -0.568. The number of rotatable bonds is 2. The van der Waals surface area contributed by atoms with Crippen molar-refractivity contribution in [2.24, 2.45) is 0 Å². The van der Waals surface area contributed by atoms with Gasteiger partial charge in [0.25, 0.3) is 0 Å². The molecule has 1 fully saturated rings. The lowest BCUT2D eigenvalue weighted by molar-refractivity contribution is 0.0691. The van der Waals surface area contributed by atoms with Crippen molar-refractivity contribution in [3.05, 3.63) is 29.8 Å². The summed E-state index contributed by atoms with van der Waals surface area (Å²) < 4.78 is 15.6. The molecule has 6 heteroatoms. The molecular formula is C11H16O5P. The Labute approximate surface area is 101 Å². The topological polar surface area (TPSA) is 68.2 Å². The standard InChI is InChI=1S/C11H16O5P/c1-11(2)10(15-17(12,13)16-11)8-6-4-5-7-9(8)14-3/h4-7,10,12-13H,1-3H3. The van der Waals surface area contributed by atoms with Gasteiger partial charge >= 0.3 is 8.17 Å². The highest BCUT2D eigenvalue weighted by Gasteiger charge is 2.52. The minimum absolute atomic E-state index is 0.568. The highest BCUT2D eigenvalue weighted by Crippen LogP contribution is 2.68. The number of benzene rings is 1. The van der Waals surface area contributed by atoms with Gasteiger partial charge < -0.3 is 14.5 Å². The van der Waals surface area contributed by atoms with Gasteiger partial charge in [-0.15, -0.1) is 0 Å². The molecule has 0 aliphatic carbocycles. The van der Waals surface area contributed by atoms with Gasteiger partial charge in [-0.3, -0.25) is 9.05 Å². The fraction of sp³-hybridized carbons (Fsp3) is 0.455. The van der Waals surface area contributed by atoms with E-state index in [0.717, 1.165) is 5.56 Å². The Morgan fingerprint density at radius 3 is 2.47 bits per heavy atom. The maximum absolute atomic E-state index is 9.51. The SMILES string of the molecule is COc1ccccc1C1O[P](O)(O)OC1(C)C. The minimum atomic E-state index is -3.72. The van der Waals surface area contributed by atoms with E-state index in [1.165, 1.54) is 0 Å². The van der Waals surface area contributed by atoms with E-state index in [2.05, 4.69) is 0 Å². The Bertz CT molecular complexity index is 418. The lowest BCUT2D eigenvalue weighted by Gasteiger charge is -2.24. The van der Waals surface area contributed by atoms with Crippen LogP contribution in [-0.2, 0) is 9.05 Å². The Balaban J connectivity index is 2.40. The summed E-state index contributed by atoms with van der Waals surface area (Å²) in [5.74, 6) is 0.635. The predicted molar refractivity (Wildman–Crippen MR) is 63.3 cm³/mol. The molecule has 1 atom stereocenters. The number of methoxy groups -OCH3 is 1. The van der Waals surface area contributed by atoms with Crippen LogP contribution >= 0.6 is 8.17 Å². The fourth-order valence-corrected chi connectivity index (χ4v) is 3.35. The zero-order valence-electron chi connectivity index (χ0n) is 9.95. The van der Waals surface area contributed by atoms with Crippen LogP contribution in [0.4, 0.5) is 0 Å². The van der Waals surface area contributed by atoms with E-state index in [-0.39, 0.29) is 0 Å². The van der Waals surface area contributed by atoms with Crippen molar-refractivity contribution in [1.29, 1.82) is 0 Å². The van der Waals surface area contributed by atoms with Gasteiger partial charge in [0.05, 0.1) is 7.11 Å². The lowest BCUT2D eigenvalue weighted by Crippen LogP contribution is -2.26. The number of ether oxygens (including phenoxy) is 1. The Morgan fingerprint density at radius 1 is 1.29 bits per heavy atom. The van der Waals surface area contributed by atoms with Gasteiger partial charge in [-0.05, 0) is 19.9 Å². The van der Waals surface area contributed by atoms with Crippen LogP contribution in [-0.4, -0.2) is 22.5 Å². The number of hydrogen-bond acceptors (Lipinski definition) is 5. The van der Waals surface area contributed by atoms with Crippen molar-refractivity contribution >= 4 is 8.17 Å². The average molecular weight is 259 g/mol. The first-order valence-electron chi connectivity index (χ1n) is 5.22. The summed E-state index contributed by atoms with van der Waals surface area (Å²) in [5, 5.41) is 0. The van der Waals surface area contributed by atoms with E-state index in [0.29, 0.717) is 5.75 Å². The quantitative estimate of drug-likeness (QED) is 0.797. The van der Waals surface area contributed by atoms with Crippen molar-refractivity contribution in [3.63, 3.8) is 0 Å². The van der Waals surface area contributed by atoms with Gasteiger partial charge in [0.2, 0.25) is 0 Å². The van der Waals surface area contributed by atoms with E-state index < -0.39 is 19.9 Å². The zero-order chi connectivity index (χ0) is 12.7. The fourth-order valence-electron chi connectivity index (χ4n) is 1.95. The van der Waals surface area contributed by atoms with Crippen LogP contribution in [0.2, 0.25) is 0 Å². The van der Waals surface area contributed by atoms with Crippen LogP contribution in [0, 0.1) is 0 Å². The first kappa shape index (κ1) is 12.7. The molecule has 2 rings (SSSR count). The molecule has 1 saturated heterocycles. The van der Waals surface area contributed by atoms with E-state index in [4.69, 9.17) is 13.8 Å². The van der Waals surface area contributed by atoms with Gasteiger partial charge in [-0.25, -0.2) is 0 Å². The first-order valence-corrected chi connectivity index (χ1v) is 6.75. The van der Waals surface area contributed by atoms with Crippen LogP contribution in [0.15, 0.2) is 24.3 Å². The molecule has 1 aromatic carbocycles. The molecule has 5 nitrogen and oxygen atoms in total. The summed E-state index contributed by atoms with van der Waals surface area (Å²) in [6, 6.07) is 7.29. The molecule has 1 radical (unpaired) electrons. The molecule has 2 N–H and O–H groups in total. The van der Waals surface area contributed by atoms with Crippen molar-refractivity contribution in [2.45, 2.75) is 25.6 Å². The van der Waals surface area contributed by atoms with E-state index in [1.54, 1.807) is 27.0 Å². The number of hydrogen-bond donors (Lipinski definition) is 2. The van der Waals surface area contributed by atoms with Crippen LogP contribution in [0.1, 0.15) is 25.5 Å². The molecule has 1 aromatic rings. The van der Waals surface area contributed by atoms with E-state index in [9.17, 15) is 9.79 Å². The largest absolute Gasteiger partial charge is 0.496 e. The summed E-state index contributed by atoms with van der Waals surface area (Å²) >= 11 is 0. The molecule has 1 aliphatic rings. The van der Waals surface area contributed by atoms with Gasteiger partial charge in [0.15, 0.2) is 0 Å². The average Bonchev–Trinajstić information content (AvgIpc) is 2.46. The smallest absolute Gasteiger partial charge is 0.376 e. The van der Waals surface area contributed by atoms with Gasteiger partial charge in [-0.2, -0.15) is 0 Å². The maximum Gasteiger partial charge on any atom is 0.376 e. The summed E-state index contributed by atoms with van der Waals surface area (Å²) in [4.78, 5) is 19.0. The molecule has 17 heavy (non-hydrogen) atoms. The predicted octanol–water partition coefficient (Wildman–Crippen LogP) is 2.22. The molecule has 0 amide bonds. The molecular weight excluding hydrogens is 243 g/mol. The third-order valence-electron chi connectivity index (χ3n) is 2.65. The molecule has 1 unspecified atom stereocenters. The molecule has 0 saturated carbocycles. The zero-order valence-corrected chi connectivity index (χ0v) is 10.8. The van der Waals surface area contributed by atoms with Gasteiger partial charge in [0.1, 0.15) is 17.5 Å². The molecule has 0 bridgehead atoms. The van der Waals surface area contributed by atoms with Crippen molar-refractivity contribution in [2.75, 3.05) is 7.11 Å². The lowest BCUT2D eigenvalue weighted by atomic mass is 9.94. The summed E-state index contributed by atoms with van der Waals surface area (Å²) in [7, 11) is -2.16. The second-order valence-corrected chi connectivity index (χ2v) is 5.79. The van der Waals surface area contributed by atoms with Crippen molar-refractivity contribution in [3.8, 4) is 5.75 Å². The monoisotopic (exact) mass is 259 g/mol. The Kier molecular flexibility index (Phi) is 3.14. The molecule has 1 aliphatic heterocycles. The normalized spacial score (nSPS) is 25.8. The minimum Gasteiger partial charge on any atom is -0.496 e. The van der Waals surface area contributed by atoms with Crippen molar-refractivity contribution < 1.29 is 23.6 Å². The highest BCUT2D eigenvalue weighted by atomic mass is 31.2. The van der Waals surface area contributed by atoms with E-state index in [1.807, 2.05) is 18.2 Å². The molecule has 1 heterocycles. The van der Waals surface area contributed by atoms with E-state index >= 15 is 0 Å². The van der Waals surface area contributed by atoms with Crippen LogP contribution in [0.3, 0.4) is 0 Å². The van der Waals surface area contributed by atoms with Gasteiger partial charge in [-0.1, -0.05) is 18.2 Å². The maximum atomic E-state index is 9.51. The molecule has 95 valence electrons.